The van der Waals surface area contributed by atoms with Crippen LogP contribution in [0.15, 0.2) is 30.6 Å². The van der Waals surface area contributed by atoms with E-state index in [9.17, 15) is 18.0 Å². The lowest BCUT2D eigenvalue weighted by Crippen LogP contribution is -2.48. The molecule has 0 aliphatic carbocycles. The molecule has 2 fully saturated rings. The van der Waals surface area contributed by atoms with Gasteiger partial charge in [0, 0.05) is 29.9 Å². The highest BCUT2D eigenvalue weighted by Gasteiger charge is 2.42. The van der Waals surface area contributed by atoms with Crippen LogP contribution >= 0.6 is 11.6 Å². The largest absolute Gasteiger partial charge is 0.489 e. The third-order valence-electron chi connectivity index (χ3n) is 7.25. The van der Waals surface area contributed by atoms with Crippen molar-refractivity contribution >= 4 is 23.2 Å². The van der Waals surface area contributed by atoms with Gasteiger partial charge in [-0.05, 0) is 37.8 Å². The summed E-state index contributed by atoms with van der Waals surface area (Å²) in [7, 11) is 0. The third kappa shape index (κ3) is 4.12. The molecular weight excluding hydrogens is 483 g/mol. The van der Waals surface area contributed by atoms with Crippen LogP contribution in [0.25, 0.3) is 5.65 Å². The zero-order valence-electron chi connectivity index (χ0n) is 18.7. The molecule has 2 aromatic heterocycles. The van der Waals surface area contributed by atoms with Crippen LogP contribution in [0.4, 0.5) is 13.2 Å². The van der Waals surface area contributed by atoms with E-state index < -0.39 is 12.2 Å². The summed E-state index contributed by atoms with van der Waals surface area (Å²) in [6.45, 7) is 0.382. The number of carbonyl (C=O) groups is 1. The molecule has 35 heavy (non-hydrogen) atoms. The van der Waals surface area contributed by atoms with Gasteiger partial charge in [-0.3, -0.25) is 9.69 Å². The fourth-order valence-electron chi connectivity index (χ4n) is 5.76. The summed E-state index contributed by atoms with van der Waals surface area (Å²) in [6, 6.07) is 3.95. The highest BCUT2D eigenvalue weighted by Crippen LogP contribution is 2.38. The van der Waals surface area contributed by atoms with E-state index in [1.165, 1.54) is 24.4 Å². The number of hydrogen-bond acceptors (Lipinski definition) is 5. The number of halogens is 4. The Kier molecular flexibility index (Phi) is 5.60. The first-order chi connectivity index (χ1) is 16.9. The summed E-state index contributed by atoms with van der Waals surface area (Å²) in [5.74, 6) is -0.605. The van der Waals surface area contributed by atoms with E-state index in [2.05, 4.69) is 10.1 Å². The van der Waals surface area contributed by atoms with E-state index in [0.717, 1.165) is 24.1 Å². The normalized spacial score (nSPS) is 23.9. The molecule has 3 aromatic rings. The maximum absolute atomic E-state index is 14.2. The van der Waals surface area contributed by atoms with Gasteiger partial charge < -0.3 is 9.64 Å². The molecule has 0 spiro atoms. The SMILES string of the molecule is O=C(c1ccc(F)cc1O[C@H]1C[C@H]2CC[C@@H](C1)N2CC(F)F)N1Cc2nn3cc(Cl)cnc3c2C1. The zero-order valence-corrected chi connectivity index (χ0v) is 19.5. The van der Waals surface area contributed by atoms with Crippen molar-refractivity contribution < 1.29 is 22.7 Å². The number of piperidine rings is 1. The van der Waals surface area contributed by atoms with Crippen molar-refractivity contribution in [1.29, 1.82) is 0 Å². The summed E-state index contributed by atoms with van der Waals surface area (Å²) in [5, 5.41) is 4.95. The average molecular weight is 506 g/mol. The summed E-state index contributed by atoms with van der Waals surface area (Å²) in [5.41, 5.74) is 2.50. The molecule has 0 unspecified atom stereocenters. The third-order valence-corrected chi connectivity index (χ3v) is 7.45. The first kappa shape index (κ1) is 22.6. The maximum Gasteiger partial charge on any atom is 0.258 e. The number of fused-ring (bicyclic) bond motifs is 5. The number of hydrogen-bond donors (Lipinski definition) is 0. The molecule has 5 heterocycles. The lowest BCUT2D eigenvalue weighted by Gasteiger charge is -2.38. The standard InChI is InChI=1S/C24H23ClF3N5O2/c25-13-8-29-23-19-10-31(11-20(19)30-33(23)9-13)24(34)18-4-1-14(26)5-21(18)35-17-6-15-2-3-16(7-17)32(15)12-22(27)28/h1,4-5,8-9,15-17,22H,2-3,6-7,10-12H2/t15-,16+,17+. The topological polar surface area (TPSA) is 63.0 Å². The van der Waals surface area contributed by atoms with Crippen molar-refractivity contribution in [1.82, 2.24) is 24.4 Å². The number of aromatic nitrogens is 3. The Bertz CT molecular complexity index is 1290. The van der Waals surface area contributed by atoms with Crippen molar-refractivity contribution in [2.45, 2.75) is 63.4 Å². The quantitative estimate of drug-likeness (QED) is 0.517. The van der Waals surface area contributed by atoms with Crippen LogP contribution < -0.4 is 4.74 Å². The molecule has 1 aromatic carbocycles. The number of carbonyl (C=O) groups excluding carboxylic acids is 1. The fraction of sp³-hybridized carbons (Fsp3) is 0.458. The highest BCUT2D eigenvalue weighted by molar-refractivity contribution is 6.30. The van der Waals surface area contributed by atoms with Crippen molar-refractivity contribution in [3.8, 4) is 5.75 Å². The molecule has 3 aliphatic rings. The Morgan fingerprint density at radius 3 is 2.71 bits per heavy atom. The van der Waals surface area contributed by atoms with Crippen molar-refractivity contribution in [3.05, 3.63) is 58.3 Å². The van der Waals surface area contributed by atoms with E-state index in [4.69, 9.17) is 16.3 Å². The van der Waals surface area contributed by atoms with Crippen LogP contribution in [-0.2, 0) is 13.1 Å². The second kappa shape index (κ2) is 8.67. The molecule has 3 aliphatic heterocycles. The van der Waals surface area contributed by atoms with Crippen LogP contribution in [0.3, 0.4) is 0 Å². The minimum atomic E-state index is -2.37. The highest BCUT2D eigenvalue weighted by atomic mass is 35.5. The first-order valence-corrected chi connectivity index (χ1v) is 12.0. The van der Waals surface area contributed by atoms with Crippen LogP contribution in [0, 0.1) is 5.82 Å². The van der Waals surface area contributed by atoms with Gasteiger partial charge in [0.15, 0.2) is 5.65 Å². The van der Waals surface area contributed by atoms with Gasteiger partial charge in [0.2, 0.25) is 0 Å². The van der Waals surface area contributed by atoms with Gasteiger partial charge in [-0.25, -0.2) is 22.7 Å². The molecule has 6 rings (SSSR count). The zero-order chi connectivity index (χ0) is 24.3. The van der Waals surface area contributed by atoms with Crippen molar-refractivity contribution in [2.75, 3.05) is 6.54 Å². The molecule has 11 heteroatoms. The van der Waals surface area contributed by atoms with Crippen LogP contribution in [0.1, 0.15) is 47.3 Å². The Morgan fingerprint density at radius 1 is 1.20 bits per heavy atom. The molecule has 3 atom stereocenters. The predicted octanol–water partition coefficient (Wildman–Crippen LogP) is 4.32. The summed E-state index contributed by atoms with van der Waals surface area (Å²) < 4.78 is 47.9. The van der Waals surface area contributed by atoms with E-state index in [-0.39, 0.29) is 42.0 Å². The summed E-state index contributed by atoms with van der Waals surface area (Å²) in [6.07, 6.45) is 3.42. The Morgan fingerprint density at radius 2 is 1.97 bits per heavy atom. The fourth-order valence-corrected chi connectivity index (χ4v) is 5.90. The van der Waals surface area contributed by atoms with Gasteiger partial charge in [-0.1, -0.05) is 11.6 Å². The average Bonchev–Trinajstić information content (AvgIpc) is 3.42. The number of nitrogens with zero attached hydrogens (tertiary/aromatic N) is 5. The number of ether oxygens (including phenoxy) is 1. The molecular formula is C24H23ClF3N5O2. The monoisotopic (exact) mass is 505 g/mol. The van der Waals surface area contributed by atoms with Gasteiger partial charge in [-0.2, -0.15) is 5.10 Å². The van der Waals surface area contributed by atoms with Gasteiger partial charge in [0.1, 0.15) is 17.7 Å². The maximum atomic E-state index is 14.2. The van der Waals surface area contributed by atoms with Crippen LogP contribution in [0.5, 0.6) is 5.75 Å². The molecule has 1 amide bonds. The Balaban J connectivity index is 1.20. The lowest BCUT2D eigenvalue weighted by atomic mass is 9.99. The second-order valence-corrected chi connectivity index (χ2v) is 9.89. The van der Waals surface area contributed by atoms with Crippen LogP contribution in [-0.4, -0.2) is 61.5 Å². The number of alkyl halides is 2. The number of amides is 1. The van der Waals surface area contributed by atoms with E-state index in [1.807, 2.05) is 4.90 Å². The summed E-state index contributed by atoms with van der Waals surface area (Å²) in [4.78, 5) is 21.3. The minimum absolute atomic E-state index is 0.0198. The van der Waals surface area contributed by atoms with E-state index >= 15 is 0 Å². The minimum Gasteiger partial charge on any atom is -0.489 e. The predicted molar refractivity (Wildman–Crippen MR) is 121 cm³/mol. The molecule has 0 radical (unpaired) electrons. The van der Waals surface area contributed by atoms with Gasteiger partial charge in [-0.15, -0.1) is 0 Å². The van der Waals surface area contributed by atoms with Crippen LogP contribution in [0.2, 0.25) is 5.02 Å². The Labute approximate surface area is 204 Å². The van der Waals surface area contributed by atoms with E-state index in [1.54, 1.807) is 15.6 Å². The van der Waals surface area contributed by atoms with E-state index in [0.29, 0.717) is 36.6 Å². The second-order valence-electron chi connectivity index (χ2n) is 9.45. The molecule has 7 nitrogen and oxygen atoms in total. The number of rotatable bonds is 5. The van der Waals surface area contributed by atoms with Gasteiger partial charge >= 0.3 is 0 Å². The van der Waals surface area contributed by atoms with Crippen molar-refractivity contribution in [3.63, 3.8) is 0 Å². The van der Waals surface area contributed by atoms with Gasteiger partial charge in [0.25, 0.3) is 12.3 Å². The van der Waals surface area contributed by atoms with Crippen molar-refractivity contribution in [2.24, 2.45) is 0 Å². The first-order valence-electron chi connectivity index (χ1n) is 11.7. The molecule has 2 bridgehead atoms. The molecule has 0 saturated carbocycles. The Hall–Kier alpha value is -2.85. The lowest BCUT2D eigenvalue weighted by molar-refractivity contribution is 0.00713. The molecule has 184 valence electrons. The molecule has 2 saturated heterocycles. The number of benzene rings is 1. The van der Waals surface area contributed by atoms with Gasteiger partial charge in [0.05, 0.1) is 42.1 Å². The molecule has 0 N–H and O–H groups in total. The smallest absolute Gasteiger partial charge is 0.258 e. The summed E-state index contributed by atoms with van der Waals surface area (Å²) >= 11 is 5.99.